The average Bonchev–Trinajstić information content (AvgIpc) is 3.23. The maximum Gasteiger partial charge on any atom is 0.233 e. The zero-order valence-corrected chi connectivity index (χ0v) is 18.9. The van der Waals surface area contributed by atoms with Crippen LogP contribution in [-0.2, 0) is 14.6 Å². The van der Waals surface area contributed by atoms with E-state index < -0.39 is 15.7 Å². The van der Waals surface area contributed by atoms with Crippen molar-refractivity contribution in [3.05, 3.63) is 59.4 Å². The average molecular weight is 481 g/mol. The first-order valence-electron chi connectivity index (χ1n) is 10.4. The maximum atomic E-state index is 14.3. The molecule has 0 bridgehead atoms. The first-order valence-corrected chi connectivity index (χ1v) is 12.2. The number of hydrogen-bond acceptors (Lipinski definition) is 6. The summed E-state index contributed by atoms with van der Waals surface area (Å²) in [5.74, 6) is -0.654. The Morgan fingerprint density at radius 2 is 1.81 bits per heavy atom. The van der Waals surface area contributed by atoms with E-state index in [1.807, 2.05) is 0 Å². The molecule has 2 heterocycles. The molecule has 0 aliphatic carbocycles. The highest BCUT2D eigenvalue weighted by atomic mass is 35.5. The van der Waals surface area contributed by atoms with Gasteiger partial charge in [0.25, 0.3) is 0 Å². The third kappa shape index (κ3) is 5.12. The Bertz CT molecular complexity index is 1160. The van der Waals surface area contributed by atoms with Crippen molar-refractivity contribution in [2.45, 2.75) is 16.3 Å². The SMILES string of the molecule is O=S(=O)(c1ccc(Cl)cc1)c1nc(-c2ccccc2F)oc1NCCC[NH+]1CCOCC1. The van der Waals surface area contributed by atoms with Crippen LogP contribution in [-0.4, -0.2) is 52.8 Å². The molecular weight excluding hydrogens is 457 g/mol. The summed E-state index contributed by atoms with van der Waals surface area (Å²) in [6, 6.07) is 11.7. The fraction of sp³-hybridized carbons (Fsp3) is 0.318. The van der Waals surface area contributed by atoms with Gasteiger partial charge in [-0.15, -0.1) is 0 Å². The van der Waals surface area contributed by atoms with Gasteiger partial charge in [-0.25, -0.2) is 12.8 Å². The highest BCUT2D eigenvalue weighted by Gasteiger charge is 2.29. The van der Waals surface area contributed by atoms with E-state index in [0.29, 0.717) is 11.6 Å². The Balaban J connectivity index is 1.60. The van der Waals surface area contributed by atoms with Crippen molar-refractivity contribution in [3.63, 3.8) is 0 Å². The van der Waals surface area contributed by atoms with E-state index in [-0.39, 0.29) is 27.3 Å². The number of ether oxygens (including phenoxy) is 1. The van der Waals surface area contributed by atoms with Gasteiger partial charge in [0.2, 0.25) is 26.6 Å². The number of benzene rings is 2. The summed E-state index contributed by atoms with van der Waals surface area (Å²) in [6.07, 6.45) is 0.797. The molecule has 0 amide bonds. The Labute approximate surface area is 191 Å². The molecule has 10 heteroatoms. The predicted octanol–water partition coefficient (Wildman–Crippen LogP) is 2.68. The standard InChI is InChI=1S/C22H23ClFN3O4S/c23-16-6-8-17(9-7-16)32(28,29)22-21(25-10-3-11-27-12-14-30-15-13-27)31-20(26-22)18-4-1-2-5-19(18)24/h1-2,4-9,25H,3,10-15H2/p+1. The molecule has 3 aromatic rings. The van der Waals surface area contributed by atoms with E-state index in [1.54, 1.807) is 12.1 Å². The van der Waals surface area contributed by atoms with Crippen molar-refractivity contribution in [2.24, 2.45) is 0 Å². The molecule has 2 N–H and O–H groups in total. The van der Waals surface area contributed by atoms with E-state index in [4.69, 9.17) is 20.8 Å². The second-order valence-corrected chi connectivity index (χ2v) is 9.78. The number of aromatic nitrogens is 1. The Morgan fingerprint density at radius 3 is 2.53 bits per heavy atom. The summed E-state index contributed by atoms with van der Waals surface area (Å²) < 4.78 is 51.9. The van der Waals surface area contributed by atoms with Crippen molar-refractivity contribution in [2.75, 3.05) is 44.7 Å². The molecule has 1 aliphatic rings. The van der Waals surface area contributed by atoms with Crippen LogP contribution in [0.2, 0.25) is 5.02 Å². The van der Waals surface area contributed by atoms with Gasteiger partial charge >= 0.3 is 0 Å². The molecule has 0 saturated carbocycles. The van der Waals surface area contributed by atoms with Crippen LogP contribution in [0.1, 0.15) is 6.42 Å². The molecule has 0 unspecified atom stereocenters. The van der Waals surface area contributed by atoms with Gasteiger partial charge in [-0.05, 0) is 36.4 Å². The molecule has 7 nitrogen and oxygen atoms in total. The first kappa shape index (κ1) is 22.7. The second-order valence-electron chi connectivity index (χ2n) is 7.48. The van der Waals surface area contributed by atoms with Crippen molar-refractivity contribution < 1.29 is 26.9 Å². The van der Waals surface area contributed by atoms with Crippen LogP contribution in [0.4, 0.5) is 10.3 Å². The number of rotatable bonds is 8. The van der Waals surface area contributed by atoms with E-state index in [0.717, 1.165) is 39.3 Å². The number of quaternary nitrogens is 1. The topological polar surface area (TPSA) is 85.9 Å². The van der Waals surface area contributed by atoms with Crippen molar-refractivity contribution in [1.29, 1.82) is 0 Å². The number of nitrogens with zero attached hydrogens (tertiary/aromatic N) is 1. The van der Waals surface area contributed by atoms with Crippen LogP contribution in [0.25, 0.3) is 11.5 Å². The van der Waals surface area contributed by atoms with E-state index in [1.165, 1.54) is 41.3 Å². The fourth-order valence-corrected chi connectivity index (χ4v) is 4.93. The fourth-order valence-electron chi connectivity index (χ4n) is 3.53. The van der Waals surface area contributed by atoms with Gasteiger partial charge in [0, 0.05) is 18.0 Å². The molecule has 1 saturated heterocycles. The number of oxazole rings is 1. The van der Waals surface area contributed by atoms with Crippen LogP contribution in [0.5, 0.6) is 0 Å². The molecule has 0 atom stereocenters. The summed E-state index contributed by atoms with van der Waals surface area (Å²) in [4.78, 5) is 5.63. The lowest BCUT2D eigenvalue weighted by atomic mass is 10.2. The van der Waals surface area contributed by atoms with Crippen LogP contribution in [0.3, 0.4) is 0 Å². The third-order valence-electron chi connectivity index (χ3n) is 5.27. The van der Waals surface area contributed by atoms with Crippen LogP contribution >= 0.6 is 11.6 Å². The normalized spacial score (nSPS) is 15.1. The molecule has 2 aromatic carbocycles. The van der Waals surface area contributed by atoms with Gasteiger partial charge in [0.15, 0.2) is 0 Å². The Morgan fingerprint density at radius 1 is 1.09 bits per heavy atom. The summed E-state index contributed by atoms with van der Waals surface area (Å²) in [7, 11) is -4.01. The quantitative estimate of drug-likeness (QED) is 0.482. The third-order valence-corrected chi connectivity index (χ3v) is 7.20. The Hall–Kier alpha value is -2.46. The molecule has 1 aliphatic heterocycles. The molecule has 1 aromatic heterocycles. The Kier molecular flexibility index (Phi) is 7.10. The summed E-state index contributed by atoms with van der Waals surface area (Å²) in [6.45, 7) is 4.82. The van der Waals surface area contributed by atoms with Crippen molar-refractivity contribution in [1.82, 2.24) is 4.98 Å². The minimum atomic E-state index is -4.01. The minimum Gasteiger partial charge on any atom is -0.419 e. The van der Waals surface area contributed by atoms with E-state index in [9.17, 15) is 12.8 Å². The highest BCUT2D eigenvalue weighted by Crippen LogP contribution is 2.33. The summed E-state index contributed by atoms with van der Waals surface area (Å²) in [5, 5.41) is 3.18. The second kappa shape index (κ2) is 9.99. The zero-order valence-electron chi connectivity index (χ0n) is 17.3. The molecule has 0 radical (unpaired) electrons. The van der Waals surface area contributed by atoms with Gasteiger partial charge in [-0.3, -0.25) is 0 Å². The number of halogens is 2. The van der Waals surface area contributed by atoms with Gasteiger partial charge < -0.3 is 19.4 Å². The van der Waals surface area contributed by atoms with Gasteiger partial charge in [0.05, 0.1) is 30.2 Å². The lowest BCUT2D eigenvalue weighted by Crippen LogP contribution is -3.14. The van der Waals surface area contributed by atoms with Crippen LogP contribution in [0, 0.1) is 5.82 Å². The number of nitrogens with one attached hydrogen (secondary N) is 2. The van der Waals surface area contributed by atoms with Gasteiger partial charge in [0.1, 0.15) is 18.9 Å². The summed E-state index contributed by atoms with van der Waals surface area (Å²) >= 11 is 5.90. The van der Waals surface area contributed by atoms with Crippen molar-refractivity contribution in [3.8, 4) is 11.5 Å². The van der Waals surface area contributed by atoms with Crippen LogP contribution < -0.4 is 10.2 Å². The van der Waals surface area contributed by atoms with E-state index >= 15 is 0 Å². The molecule has 170 valence electrons. The maximum absolute atomic E-state index is 14.3. The zero-order chi connectivity index (χ0) is 22.6. The molecule has 32 heavy (non-hydrogen) atoms. The number of morpholine rings is 1. The number of anilines is 1. The highest BCUT2D eigenvalue weighted by molar-refractivity contribution is 7.91. The number of sulfone groups is 1. The molecule has 4 rings (SSSR count). The van der Waals surface area contributed by atoms with Gasteiger partial charge in [-0.2, -0.15) is 4.98 Å². The van der Waals surface area contributed by atoms with Crippen LogP contribution in [0.15, 0.2) is 62.9 Å². The lowest BCUT2D eigenvalue weighted by molar-refractivity contribution is -0.908. The lowest BCUT2D eigenvalue weighted by Gasteiger charge is -2.23. The molecular formula is C22H24ClFN3O4S+. The number of hydrogen-bond donors (Lipinski definition) is 2. The smallest absolute Gasteiger partial charge is 0.233 e. The summed E-state index contributed by atoms with van der Waals surface area (Å²) in [5.41, 5.74) is 0.0888. The van der Waals surface area contributed by atoms with Crippen molar-refractivity contribution >= 4 is 27.3 Å². The minimum absolute atomic E-state index is 0.00446. The molecule has 1 fully saturated rings. The van der Waals surface area contributed by atoms with E-state index in [2.05, 4.69) is 10.3 Å². The molecule has 0 spiro atoms. The predicted molar refractivity (Wildman–Crippen MR) is 118 cm³/mol. The first-order chi connectivity index (χ1) is 15.4. The monoisotopic (exact) mass is 480 g/mol. The largest absolute Gasteiger partial charge is 0.419 e. The van der Waals surface area contributed by atoms with Gasteiger partial charge in [-0.1, -0.05) is 23.7 Å².